The van der Waals surface area contributed by atoms with Gasteiger partial charge in [0.2, 0.25) is 0 Å². The third-order valence-electron chi connectivity index (χ3n) is 7.34. The third-order valence-corrected chi connectivity index (χ3v) is 9.00. The number of hydrogen-bond donors (Lipinski definition) is 1. The molecule has 3 heterocycles. The van der Waals surface area contributed by atoms with Crippen LogP contribution in [0.25, 0.3) is 22.2 Å². The molecular formula is C29H28ClF2IN6O3. The van der Waals surface area contributed by atoms with Gasteiger partial charge in [0.25, 0.3) is 0 Å². The maximum Gasteiger partial charge on any atom is 0.407 e. The minimum atomic E-state index is -1.09. The van der Waals surface area contributed by atoms with Crippen molar-refractivity contribution < 1.29 is 23.4 Å². The number of halogens is 4. The summed E-state index contributed by atoms with van der Waals surface area (Å²) >= 11 is 8.85. The van der Waals surface area contributed by atoms with Crippen LogP contribution in [0.5, 0.6) is 5.75 Å². The van der Waals surface area contributed by atoms with Crippen LogP contribution in [0.15, 0.2) is 36.4 Å². The molecule has 1 aliphatic rings. The Labute approximate surface area is 260 Å². The van der Waals surface area contributed by atoms with E-state index >= 15 is 4.39 Å². The quantitative estimate of drug-likeness (QED) is 0.183. The monoisotopic (exact) mass is 708 g/mol. The standard InChI is InChI=1S/C29H28ClF2IN6O3/c1-15-11-21(37(3)14-17-5-7-18(42-4)8-6-17)34-26(24(15)33)22-20(30)12-19-25(23(22)31)35-28(32)36-27(19)39-10-9-38(29(40)41)13-16(39)2/h5-8,11-12,16H,9-10,13-14H2,1-4H3,(H,40,41)/t16-/m0/s1. The number of rotatable bonds is 6. The number of amides is 1. The van der Waals surface area contributed by atoms with Crippen molar-refractivity contribution in [3.63, 3.8) is 0 Å². The van der Waals surface area contributed by atoms with Gasteiger partial charge in [-0.3, -0.25) is 0 Å². The van der Waals surface area contributed by atoms with E-state index in [9.17, 15) is 14.3 Å². The zero-order chi connectivity index (χ0) is 30.3. The van der Waals surface area contributed by atoms with Crippen LogP contribution in [0.2, 0.25) is 5.02 Å². The van der Waals surface area contributed by atoms with Crippen molar-refractivity contribution in [1.82, 2.24) is 19.9 Å². The molecule has 4 aromatic rings. The van der Waals surface area contributed by atoms with E-state index in [0.717, 1.165) is 16.9 Å². The Morgan fingerprint density at radius 2 is 1.90 bits per heavy atom. The van der Waals surface area contributed by atoms with Gasteiger partial charge in [-0.2, -0.15) is 14.4 Å². The Hall–Kier alpha value is -3.52. The molecule has 42 heavy (non-hydrogen) atoms. The van der Waals surface area contributed by atoms with E-state index in [1.165, 1.54) is 11.0 Å². The summed E-state index contributed by atoms with van der Waals surface area (Å²) in [6, 6.07) is 10.8. The highest BCUT2D eigenvalue weighted by atomic mass is 127. The van der Waals surface area contributed by atoms with Crippen LogP contribution in [0.4, 0.5) is 25.2 Å². The Kier molecular flexibility index (Phi) is 8.56. The van der Waals surface area contributed by atoms with Crippen LogP contribution < -0.4 is 14.5 Å². The highest BCUT2D eigenvalue weighted by molar-refractivity contribution is 14.1. The van der Waals surface area contributed by atoms with Crippen molar-refractivity contribution in [2.24, 2.45) is 0 Å². The minimum Gasteiger partial charge on any atom is -0.497 e. The molecule has 0 bridgehead atoms. The molecule has 0 spiro atoms. The first-order chi connectivity index (χ1) is 20.0. The fourth-order valence-corrected chi connectivity index (χ4v) is 5.95. The second-order valence-corrected chi connectivity index (χ2v) is 11.7. The van der Waals surface area contributed by atoms with E-state index in [0.29, 0.717) is 21.6 Å². The lowest BCUT2D eigenvalue weighted by Gasteiger charge is -2.39. The van der Waals surface area contributed by atoms with E-state index in [2.05, 4.69) is 32.6 Å². The molecule has 13 heteroatoms. The smallest absolute Gasteiger partial charge is 0.407 e. The summed E-state index contributed by atoms with van der Waals surface area (Å²) in [5.41, 5.74) is 2.01. The molecule has 1 aliphatic heterocycles. The molecule has 1 amide bonds. The van der Waals surface area contributed by atoms with Gasteiger partial charge < -0.3 is 24.5 Å². The molecule has 1 atom stereocenters. The van der Waals surface area contributed by atoms with Crippen molar-refractivity contribution in [2.45, 2.75) is 26.4 Å². The van der Waals surface area contributed by atoms with Gasteiger partial charge in [0.05, 0.1) is 23.4 Å². The van der Waals surface area contributed by atoms with Gasteiger partial charge in [0.1, 0.15) is 22.9 Å². The summed E-state index contributed by atoms with van der Waals surface area (Å²) in [6.07, 6.45) is -2.13. The highest BCUT2D eigenvalue weighted by Gasteiger charge is 2.31. The number of carbonyl (C=O) groups is 1. The number of ether oxygens (including phenoxy) is 1. The van der Waals surface area contributed by atoms with Crippen molar-refractivity contribution in [3.8, 4) is 17.0 Å². The zero-order valence-corrected chi connectivity index (χ0v) is 26.2. The zero-order valence-electron chi connectivity index (χ0n) is 23.3. The summed E-state index contributed by atoms with van der Waals surface area (Å²) in [4.78, 5) is 29.0. The Balaban J connectivity index is 1.57. The summed E-state index contributed by atoms with van der Waals surface area (Å²) in [5, 5.41) is 9.68. The van der Waals surface area contributed by atoms with E-state index in [1.807, 2.05) is 49.2 Å². The molecule has 0 aliphatic carbocycles. The number of nitrogens with zero attached hydrogens (tertiary/aromatic N) is 6. The van der Waals surface area contributed by atoms with Crippen LogP contribution in [-0.2, 0) is 6.54 Å². The SMILES string of the molecule is COc1ccc(CN(C)c2cc(C)c(I)c(-c3c(Cl)cc4c(N5CCN(C(=O)O)C[C@@H]5C)nc(F)nc4c3F)n2)cc1. The summed E-state index contributed by atoms with van der Waals surface area (Å²) < 4.78 is 37.1. The first kappa shape index (κ1) is 30.0. The summed E-state index contributed by atoms with van der Waals surface area (Å²) in [7, 11) is 3.50. The summed E-state index contributed by atoms with van der Waals surface area (Å²) in [5.74, 6) is 0.716. The molecule has 1 N–H and O–H groups in total. The molecule has 9 nitrogen and oxygen atoms in total. The molecule has 220 valence electrons. The molecule has 2 aromatic carbocycles. The van der Waals surface area contributed by atoms with Crippen molar-refractivity contribution in [3.05, 3.63) is 68.0 Å². The van der Waals surface area contributed by atoms with E-state index < -0.39 is 18.0 Å². The van der Waals surface area contributed by atoms with Crippen LogP contribution in [0, 0.1) is 22.4 Å². The molecule has 0 saturated carbocycles. The minimum absolute atomic E-state index is 0.0177. The number of aryl methyl sites for hydroxylation is 1. The lowest BCUT2D eigenvalue weighted by molar-refractivity contribution is 0.136. The number of fused-ring (bicyclic) bond motifs is 1. The number of methoxy groups -OCH3 is 1. The first-order valence-corrected chi connectivity index (χ1v) is 14.6. The van der Waals surface area contributed by atoms with Crippen molar-refractivity contribution in [1.29, 1.82) is 0 Å². The van der Waals surface area contributed by atoms with Gasteiger partial charge in [-0.25, -0.2) is 14.2 Å². The normalized spacial score (nSPS) is 15.3. The van der Waals surface area contributed by atoms with Gasteiger partial charge in [-0.1, -0.05) is 23.7 Å². The lowest BCUT2D eigenvalue weighted by atomic mass is 10.0. The Morgan fingerprint density at radius 3 is 2.55 bits per heavy atom. The molecule has 1 fully saturated rings. The third kappa shape index (κ3) is 5.74. The van der Waals surface area contributed by atoms with Crippen LogP contribution in [-0.4, -0.2) is 70.9 Å². The van der Waals surface area contributed by atoms with Gasteiger partial charge in [-0.05, 0) is 71.8 Å². The topological polar surface area (TPSA) is 94.9 Å². The van der Waals surface area contributed by atoms with Gasteiger partial charge >= 0.3 is 12.2 Å². The molecule has 5 rings (SSSR count). The molecule has 0 radical (unpaired) electrons. The second-order valence-electron chi connectivity index (χ2n) is 10.2. The average Bonchev–Trinajstić information content (AvgIpc) is 2.95. The van der Waals surface area contributed by atoms with Gasteiger partial charge in [0, 0.05) is 48.2 Å². The number of anilines is 2. The maximum atomic E-state index is 16.4. The number of aromatic nitrogens is 3. The van der Waals surface area contributed by atoms with Crippen LogP contribution in [0.3, 0.4) is 0 Å². The molecule has 1 saturated heterocycles. The number of benzene rings is 2. The average molecular weight is 709 g/mol. The van der Waals surface area contributed by atoms with E-state index in [1.54, 1.807) is 18.9 Å². The number of carboxylic acid groups (broad SMARTS) is 1. The summed E-state index contributed by atoms with van der Waals surface area (Å²) in [6.45, 7) is 4.88. The van der Waals surface area contributed by atoms with Crippen LogP contribution in [0.1, 0.15) is 18.1 Å². The van der Waals surface area contributed by atoms with Crippen molar-refractivity contribution >= 4 is 62.8 Å². The molecule has 0 unspecified atom stereocenters. The fourth-order valence-electron chi connectivity index (χ4n) is 5.12. The first-order valence-electron chi connectivity index (χ1n) is 13.1. The predicted octanol–water partition coefficient (Wildman–Crippen LogP) is 6.37. The molecule has 2 aromatic heterocycles. The Bertz CT molecular complexity index is 1680. The second kappa shape index (κ2) is 12.0. The highest BCUT2D eigenvalue weighted by Crippen LogP contribution is 2.40. The number of hydrogen-bond acceptors (Lipinski definition) is 7. The predicted molar refractivity (Wildman–Crippen MR) is 167 cm³/mol. The largest absolute Gasteiger partial charge is 0.497 e. The number of piperazine rings is 1. The Morgan fingerprint density at radius 1 is 1.19 bits per heavy atom. The van der Waals surface area contributed by atoms with Crippen molar-refractivity contribution in [2.75, 3.05) is 43.6 Å². The van der Waals surface area contributed by atoms with E-state index in [4.69, 9.17) is 21.3 Å². The van der Waals surface area contributed by atoms with Crippen LogP contribution >= 0.6 is 34.2 Å². The van der Waals surface area contributed by atoms with Gasteiger partial charge in [0.15, 0.2) is 5.82 Å². The van der Waals surface area contributed by atoms with E-state index in [-0.39, 0.29) is 53.0 Å². The lowest BCUT2D eigenvalue weighted by Crippen LogP contribution is -2.53. The van der Waals surface area contributed by atoms with Gasteiger partial charge in [-0.15, -0.1) is 0 Å². The molecular weight excluding hydrogens is 681 g/mol. The fraction of sp³-hybridized carbons (Fsp3) is 0.310. The number of pyridine rings is 1. The maximum absolute atomic E-state index is 16.4.